The maximum atomic E-state index is 12.6. The molecule has 1 aliphatic heterocycles. The third-order valence-corrected chi connectivity index (χ3v) is 4.90. The molecule has 1 amide bonds. The second kappa shape index (κ2) is 6.84. The molecule has 0 bridgehead atoms. The highest BCUT2D eigenvalue weighted by atomic mass is 32.1. The van der Waals surface area contributed by atoms with Crippen LogP contribution < -0.4 is 4.74 Å². The number of nitro benzene ring substituents is 1. The number of thiophene rings is 1. The van der Waals surface area contributed by atoms with E-state index in [0.29, 0.717) is 18.7 Å². The molecule has 0 atom stereocenters. The molecule has 7 heteroatoms. The highest BCUT2D eigenvalue weighted by molar-refractivity contribution is 7.11. The first-order valence-corrected chi connectivity index (χ1v) is 8.32. The van der Waals surface area contributed by atoms with Crippen LogP contribution in [0.3, 0.4) is 0 Å². The number of carbonyl (C=O) groups excluding carboxylic acids is 1. The van der Waals surface area contributed by atoms with E-state index in [4.69, 9.17) is 4.74 Å². The smallest absolute Gasteiger partial charge is 0.310 e. The summed E-state index contributed by atoms with van der Waals surface area (Å²) in [4.78, 5) is 26.0. The molecule has 0 spiro atoms. The highest BCUT2D eigenvalue weighted by Crippen LogP contribution is 2.30. The number of carbonyl (C=O) groups is 1. The molecular weight excluding hydrogens is 328 g/mol. The first kappa shape index (κ1) is 16.2. The quantitative estimate of drug-likeness (QED) is 0.627. The summed E-state index contributed by atoms with van der Waals surface area (Å²) < 4.78 is 5.03. The van der Waals surface area contributed by atoms with Gasteiger partial charge < -0.3 is 9.64 Å². The average Bonchev–Trinajstić information content (AvgIpc) is 3.15. The van der Waals surface area contributed by atoms with Gasteiger partial charge in [-0.25, -0.2) is 0 Å². The first-order valence-electron chi connectivity index (χ1n) is 7.44. The molecule has 3 rings (SSSR count). The molecular formula is C17H16N2O4S. The second-order valence-electron chi connectivity index (χ2n) is 5.35. The number of ether oxygens (including phenoxy) is 1. The van der Waals surface area contributed by atoms with Crippen molar-refractivity contribution in [1.29, 1.82) is 0 Å². The maximum absolute atomic E-state index is 12.6. The van der Waals surface area contributed by atoms with Crippen LogP contribution in [0.25, 0.3) is 5.57 Å². The number of hydrogen-bond acceptors (Lipinski definition) is 5. The summed E-state index contributed by atoms with van der Waals surface area (Å²) in [5.74, 6) is -0.0534. The van der Waals surface area contributed by atoms with Crippen LogP contribution in [-0.4, -0.2) is 35.9 Å². The van der Waals surface area contributed by atoms with Crippen LogP contribution >= 0.6 is 11.3 Å². The molecule has 2 aromatic rings. The van der Waals surface area contributed by atoms with Crippen LogP contribution in [-0.2, 0) is 0 Å². The van der Waals surface area contributed by atoms with Crippen LogP contribution in [0.5, 0.6) is 5.75 Å². The number of hydrogen-bond donors (Lipinski definition) is 0. The van der Waals surface area contributed by atoms with Gasteiger partial charge in [-0.15, -0.1) is 11.3 Å². The van der Waals surface area contributed by atoms with E-state index < -0.39 is 4.92 Å². The van der Waals surface area contributed by atoms with E-state index in [9.17, 15) is 14.9 Å². The number of nitrogens with zero attached hydrogens (tertiary/aromatic N) is 2. The zero-order valence-corrected chi connectivity index (χ0v) is 13.9. The molecule has 6 nitrogen and oxygen atoms in total. The highest BCUT2D eigenvalue weighted by Gasteiger charge is 2.22. The van der Waals surface area contributed by atoms with Crippen molar-refractivity contribution >= 4 is 28.5 Å². The van der Waals surface area contributed by atoms with Gasteiger partial charge in [-0.05, 0) is 29.5 Å². The van der Waals surface area contributed by atoms with E-state index in [-0.39, 0.29) is 17.3 Å². The minimum absolute atomic E-state index is 0.0951. The maximum Gasteiger partial charge on any atom is 0.310 e. The van der Waals surface area contributed by atoms with E-state index in [1.807, 2.05) is 11.4 Å². The molecule has 0 aliphatic carbocycles. The summed E-state index contributed by atoms with van der Waals surface area (Å²) in [5, 5.41) is 13.0. The minimum atomic E-state index is -0.524. The fourth-order valence-electron chi connectivity index (χ4n) is 2.68. The van der Waals surface area contributed by atoms with Crippen molar-refractivity contribution in [3.63, 3.8) is 0 Å². The molecule has 0 saturated carbocycles. The second-order valence-corrected chi connectivity index (χ2v) is 6.30. The molecule has 124 valence electrons. The van der Waals surface area contributed by atoms with Gasteiger partial charge in [0, 0.05) is 35.7 Å². The number of rotatable bonds is 4. The third kappa shape index (κ3) is 3.16. The van der Waals surface area contributed by atoms with Crippen LogP contribution in [0.1, 0.15) is 21.7 Å². The molecule has 0 fully saturated rings. The molecule has 1 aromatic carbocycles. The van der Waals surface area contributed by atoms with Crippen molar-refractivity contribution in [1.82, 2.24) is 4.90 Å². The van der Waals surface area contributed by atoms with Crippen LogP contribution in [0.2, 0.25) is 0 Å². The van der Waals surface area contributed by atoms with Gasteiger partial charge in [-0.3, -0.25) is 14.9 Å². The Morgan fingerprint density at radius 2 is 2.21 bits per heavy atom. The molecule has 1 aromatic heterocycles. The van der Waals surface area contributed by atoms with Crippen LogP contribution in [0.15, 0.2) is 41.8 Å². The van der Waals surface area contributed by atoms with Crippen molar-refractivity contribution < 1.29 is 14.5 Å². The fraction of sp³-hybridized carbons (Fsp3) is 0.235. The Hall–Kier alpha value is -2.67. The number of benzene rings is 1. The molecule has 0 radical (unpaired) electrons. The SMILES string of the molecule is COc1cc(C(=O)N2CC=C(c3cccs3)CC2)ccc1[N+](=O)[O-]. The monoisotopic (exact) mass is 344 g/mol. The van der Waals surface area contributed by atoms with Gasteiger partial charge in [0.05, 0.1) is 12.0 Å². The third-order valence-electron chi connectivity index (χ3n) is 3.96. The van der Waals surface area contributed by atoms with Gasteiger partial charge in [-0.1, -0.05) is 12.1 Å². The zero-order chi connectivity index (χ0) is 17.1. The molecule has 0 N–H and O–H groups in total. The average molecular weight is 344 g/mol. The normalized spacial score (nSPS) is 14.2. The molecule has 24 heavy (non-hydrogen) atoms. The van der Waals surface area contributed by atoms with Gasteiger partial charge in [0.2, 0.25) is 0 Å². The van der Waals surface area contributed by atoms with Crippen molar-refractivity contribution in [2.24, 2.45) is 0 Å². The first-order chi connectivity index (χ1) is 11.6. The Morgan fingerprint density at radius 3 is 2.79 bits per heavy atom. The topological polar surface area (TPSA) is 72.7 Å². The van der Waals surface area contributed by atoms with E-state index >= 15 is 0 Å². The minimum Gasteiger partial charge on any atom is -0.490 e. The van der Waals surface area contributed by atoms with Gasteiger partial charge in [0.1, 0.15) is 0 Å². The van der Waals surface area contributed by atoms with Crippen LogP contribution in [0, 0.1) is 10.1 Å². The summed E-state index contributed by atoms with van der Waals surface area (Å²) in [6, 6.07) is 8.31. The lowest BCUT2D eigenvalue weighted by Crippen LogP contribution is -2.34. The standard InChI is InChI=1S/C17H16N2O4S/c1-23-15-11-13(4-5-14(15)19(21)22)17(20)18-8-6-12(7-9-18)16-3-2-10-24-16/h2-6,10-11H,7-9H2,1H3. The summed E-state index contributed by atoms with van der Waals surface area (Å²) in [6.07, 6.45) is 2.87. The van der Waals surface area contributed by atoms with E-state index in [0.717, 1.165) is 6.42 Å². The van der Waals surface area contributed by atoms with E-state index in [1.165, 1.54) is 35.8 Å². The van der Waals surface area contributed by atoms with Crippen molar-refractivity contribution in [3.8, 4) is 5.75 Å². The molecule has 2 heterocycles. The lowest BCUT2D eigenvalue weighted by atomic mass is 10.1. The summed E-state index contributed by atoms with van der Waals surface area (Å²) in [7, 11) is 1.35. The Labute approximate surface area is 143 Å². The molecule has 0 saturated heterocycles. The summed E-state index contributed by atoms with van der Waals surface area (Å²) in [6.45, 7) is 1.16. The summed E-state index contributed by atoms with van der Waals surface area (Å²) in [5.41, 5.74) is 1.51. The van der Waals surface area contributed by atoms with Gasteiger partial charge >= 0.3 is 5.69 Å². The lowest BCUT2D eigenvalue weighted by Gasteiger charge is -2.26. The predicted octanol–water partition coefficient (Wildman–Crippen LogP) is 3.59. The Bertz CT molecular complexity index is 799. The van der Waals surface area contributed by atoms with Gasteiger partial charge in [0.15, 0.2) is 5.75 Å². The van der Waals surface area contributed by atoms with Crippen LogP contribution in [0.4, 0.5) is 5.69 Å². The lowest BCUT2D eigenvalue weighted by molar-refractivity contribution is -0.385. The molecule has 0 unspecified atom stereocenters. The Kier molecular flexibility index (Phi) is 4.61. The van der Waals surface area contributed by atoms with Crippen molar-refractivity contribution in [2.75, 3.05) is 20.2 Å². The molecule has 1 aliphatic rings. The Balaban J connectivity index is 1.77. The van der Waals surface area contributed by atoms with Gasteiger partial charge in [-0.2, -0.15) is 0 Å². The number of amides is 1. The van der Waals surface area contributed by atoms with E-state index in [1.54, 1.807) is 16.2 Å². The predicted molar refractivity (Wildman–Crippen MR) is 92.5 cm³/mol. The Morgan fingerprint density at radius 1 is 1.38 bits per heavy atom. The number of methoxy groups -OCH3 is 1. The summed E-state index contributed by atoms with van der Waals surface area (Å²) >= 11 is 1.69. The van der Waals surface area contributed by atoms with Gasteiger partial charge in [0.25, 0.3) is 5.91 Å². The zero-order valence-electron chi connectivity index (χ0n) is 13.1. The van der Waals surface area contributed by atoms with Crippen molar-refractivity contribution in [2.45, 2.75) is 6.42 Å². The number of nitro groups is 1. The van der Waals surface area contributed by atoms with E-state index in [2.05, 4.69) is 12.1 Å². The van der Waals surface area contributed by atoms with Crippen molar-refractivity contribution in [3.05, 3.63) is 62.3 Å². The largest absolute Gasteiger partial charge is 0.490 e. The fourth-order valence-corrected chi connectivity index (χ4v) is 3.48.